The lowest BCUT2D eigenvalue weighted by molar-refractivity contribution is -0.147. The number of hydrogen-bond donors (Lipinski definition) is 12. The van der Waals surface area contributed by atoms with Gasteiger partial charge in [0.25, 0.3) is 0 Å². The van der Waals surface area contributed by atoms with Crippen LogP contribution >= 0.6 is 0 Å². The molecule has 1 rings (SSSR count). The van der Waals surface area contributed by atoms with Crippen molar-refractivity contribution in [2.75, 3.05) is 0 Å². The van der Waals surface area contributed by atoms with Crippen molar-refractivity contribution in [1.82, 2.24) is 0 Å². The van der Waals surface area contributed by atoms with Crippen LogP contribution in [0, 0.1) is 11.8 Å². The molecule has 0 radical (unpaired) electrons. The Morgan fingerprint density at radius 2 is 1.07 bits per heavy atom. The number of esters is 1. The molecule has 14 nitrogen and oxygen atoms in total. The van der Waals surface area contributed by atoms with E-state index < -0.39 is 85.1 Å². The van der Waals surface area contributed by atoms with E-state index in [4.69, 9.17) is 4.74 Å². The van der Waals surface area contributed by atoms with E-state index in [1.165, 1.54) is 6.08 Å². The molecule has 0 amide bonds. The van der Waals surface area contributed by atoms with Gasteiger partial charge in [0, 0.05) is 24.3 Å². The predicted molar refractivity (Wildman–Crippen MR) is 267 cm³/mol. The average molecular weight is 971 g/mol. The minimum Gasteiger partial charge on any atom is -0.458 e. The summed E-state index contributed by atoms with van der Waals surface area (Å²) < 4.78 is 5.90. The van der Waals surface area contributed by atoms with Crippen LogP contribution in [0.2, 0.25) is 0 Å². The lowest BCUT2D eigenvalue weighted by Gasteiger charge is -2.27. The van der Waals surface area contributed by atoms with Gasteiger partial charge in [-0.05, 0) is 142 Å². The Balaban J connectivity index is 2.99. The largest absolute Gasteiger partial charge is 0.458 e. The maximum atomic E-state index is 13.1. The number of unbranched alkanes of at least 4 members (excludes halogenated alkanes) is 2. The van der Waals surface area contributed by atoms with Gasteiger partial charge in [0.1, 0.15) is 6.10 Å². The second-order valence-corrected chi connectivity index (χ2v) is 20.4. The van der Waals surface area contributed by atoms with Crippen LogP contribution in [0.4, 0.5) is 0 Å². The second kappa shape index (κ2) is 37.7. The molecule has 15 atom stereocenters. The molecule has 0 saturated carbocycles. The van der Waals surface area contributed by atoms with E-state index in [9.17, 15) is 66.1 Å². The summed E-state index contributed by atoms with van der Waals surface area (Å²) in [5.41, 5.74) is 1.25. The highest BCUT2D eigenvalue weighted by molar-refractivity contribution is 5.82. The molecule has 0 aromatic heterocycles. The molecule has 0 fully saturated rings. The summed E-state index contributed by atoms with van der Waals surface area (Å²) in [6.07, 6.45) is 12.7. The third-order valence-electron chi connectivity index (χ3n) is 13.6. The molecule has 0 aromatic rings. The predicted octanol–water partition coefficient (Wildman–Crippen LogP) is 6.29. The van der Waals surface area contributed by atoms with Crippen molar-refractivity contribution in [3.8, 4) is 0 Å². The maximum absolute atomic E-state index is 13.1. The molecule has 1 aliphatic rings. The Kier molecular flexibility index (Phi) is 35.5. The summed E-state index contributed by atoms with van der Waals surface area (Å²) >= 11 is 0. The normalized spacial score (nSPS) is 33.4. The standard InChI is InChI=1S/C54H98O14/c1-37-26-29-45(59)32-46(60)33-47(61)34-48(62)35-49(63)36-51(65)41(5)54(67)38(2)28-30-44(58)23-17-22-43(57)21-16-20-42(56)19-13-9-7-6-8-10-15-25-52(68-53(66)31-27-37)40(4)50(64)24-14-11-12-18-39(3)55/h10,15,26-28,31,39-52,54-65,67H,6-9,11-14,16-25,29-30,32-36H2,1-5H3. The van der Waals surface area contributed by atoms with Crippen molar-refractivity contribution in [2.24, 2.45) is 11.8 Å². The highest BCUT2D eigenvalue weighted by Gasteiger charge is 2.29. The second-order valence-electron chi connectivity index (χ2n) is 20.4. The van der Waals surface area contributed by atoms with Crippen LogP contribution in [0.25, 0.3) is 0 Å². The molecule has 14 heteroatoms. The third-order valence-corrected chi connectivity index (χ3v) is 13.6. The zero-order valence-electron chi connectivity index (χ0n) is 42.5. The zero-order valence-corrected chi connectivity index (χ0v) is 42.5. The summed E-state index contributed by atoms with van der Waals surface area (Å²) in [6.45, 7) is 8.77. The van der Waals surface area contributed by atoms with Gasteiger partial charge in [0.05, 0.1) is 73.2 Å². The van der Waals surface area contributed by atoms with E-state index in [-0.39, 0.29) is 50.5 Å². The van der Waals surface area contributed by atoms with Gasteiger partial charge in [-0.1, -0.05) is 88.3 Å². The van der Waals surface area contributed by atoms with Gasteiger partial charge in [0.15, 0.2) is 0 Å². The van der Waals surface area contributed by atoms with Crippen LogP contribution in [-0.2, 0) is 9.53 Å². The number of carbonyl (C=O) groups excluding carboxylic acids is 1. The lowest BCUT2D eigenvalue weighted by atomic mass is 9.88. The Hall–Kier alpha value is -2.05. The minimum atomic E-state index is -1.14. The van der Waals surface area contributed by atoms with Gasteiger partial charge < -0.3 is 66.0 Å². The molecule has 12 N–H and O–H groups in total. The average Bonchev–Trinajstić information content (AvgIpc) is 3.26. The van der Waals surface area contributed by atoms with Gasteiger partial charge in [-0.15, -0.1) is 0 Å². The van der Waals surface area contributed by atoms with E-state index >= 15 is 0 Å². The first-order valence-corrected chi connectivity index (χ1v) is 26.2. The van der Waals surface area contributed by atoms with Crippen LogP contribution in [0.15, 0.2) is 47.6 Å². The van der Waals surface area contributed by atoms with E-state index in [1.54, 1.807) is 45.9 Å². The number of rotatable bonds is 8. The highest BCUT2D eigenvalue weighted by Crippen LogP contribution is 2.25. The molecule has 68 heavy (non-hydrogen) atoms. The number of aliphatic hydroxyl groups excluding tert-OH is 12. The van der Waals surface area contributed by atoms with Crippen LogP contribution in [0.1, 0.15) is 195 Å². The zero-order chi connectivity index (χ0) is 51.0. The fourth-order valence-corrected chi connectivity index (χ4v) is 8.86. The maximum Gasteiger partial charge on any atom is 0.331 e. The van der Waals surface area contributed by atoms with Crippen molar-refractivity contribution in [3.63, 3.8) is 0 Å². The van der Waals surface area contributed by atoms with Crippen molar-refractivity contribution in [1.29, 1.82) is 0 Å². The molecule has 0 aliphatic carbocycles. The van der Waals surface area contributed by atoms with Crippen LogP contribution in [-0.4, -0.2) is 147 Å². The molecule has 1 aliphatic heterocycles. The van der Waals surface area contributed by atoms with Gasteiger partial charge in [-0.2, -0.15) is 0 Å². The lowest BCUT2D eigenvalue weighted by Crippen LogP contribution is -2.34. The quantitative estimate of drug-likeness (QED) is 0.0725. The van der Waals surface area contributed by atoms with Crippen LogP contribution in [0.3, 0.4) is 0 Å². The molecule has 0 spiro atoms. The Morgan fingerprint density at radius 3 is 1.68 bits per heavy atom. The minimum absolute atomic E-state index is 0.0468. The monoisotopic (exact) mass is 971 g/mol. The molecular formula is C54H98O14. The van der Waals surface area contributed by atoms with Crippen LogP contribution < -0.4 is 0 Å². The summed E-state index contributed by atoms with van der Waals surface area (Å²) in [4.78, 5) is 13.1. The summed E-state index contributed by atoms with van der Waals surface area (Å²) in [5.74, 6) is -1.55. The number of cyclic esters (lactones) is 1. The van der Waals surface area contributed by atoms with Crippen LogP contribution in [0.5, 0.6) is 0 Å². The Bertz CT molecular complexity index is 1400. The molecule has 0 aromatic carbocycles. The van der Waals surface area contributed by atoms with Crippen molar-refractivity contribution in [2.45, 2.75) is 274 Å². The first kappa shape index (κ1) is 64.0. The summed E-state index contributed by atoms with van der Waals surface area (Å²) in [7, 11) is 0. The topological polar surface area (TPSA) is 269 Å². The third kappa shape index (κ3) is 32.0. The summed E-state index contributed by atoms with van der Waals surface area (Å²) in [6, 6.07) is 0. The fourth-order valence-electron chi connectivity index (χ4n) is 8.86. The van der Waals surface area contributed by atoms with E-state index in [1.807, 2.05) is 13.0 Å². The Morgan fingerprint density at radius 1 is 0.559 bits per heavy atom. The van der Waals surface area contributed by atoms with E-state index in [2.05, 4.69) is 6.08 Å². The van der Waals surface area contributed by atoms with Crippen molar-refractivity contribution >= 4 is 5.97 Å². The molecule has 0 saturated heterocycles. The molecule has 15 unspecified atom stereocenters. The van der Waals surface area contributed by atoms with Crippen molar-refractivity contribution in [3.05, 3.63) is 47.6 Å². The van der Waals surface area contributed by atoms with Gasteiger partial charge >= 0.3 is 5.97 Å². The molecular weight excluding hydrogens is 873 g/mol. The molecule has 1 heterocycles. The smallest absolute Gasteiger partial charge is 0.331 e. The Labute approximate surface area is 409 Å². The number of ether oxygens (including phenoxy) is 1. The van der Waals surface area contributed by atoms with Gasteiger partial charge in [0.2, 0.25) is 0 Å². The number of allylic oxidation sites excluding steroid dienone is 3. The number of hydrogen-bond acceptors (Lipinski definition) is 14. The van der Waals surface area contributed by atoms with Crippen molar-refractivity contribution < 1.29 is 70.8 Å². The number of aliphatic hydroxyl groups is 12. The molecule has 0 bridgehead atoms. The molecule has 398 valence electrons. The van der Waals surface area contributed by atoms with E-state index in [0.29, 0.717) is 81.8 Å². The fraction of sp³-hybridized carbons (Fsp3) is 0.833. The highest BCUT2D eigenvalue weighted by atomic mass is 16.5. The van der Waals surface area contributed by atoms with Gasteiger partial charge in [-0.3, -0.25) is 0 Å². The first-order valence-electron chi connectivity index (χ1n) is 26.2. The first-order chi connectivity index (χ1) is 32.2. The SMILES string of the molecule is CC1=CCC(O)CC(O)CC(O)CC(O)CC(O)CC(O)C(C)C(O)C(C)=CCC(O)CCCC(O)CCCC(O)CCCCCCC=CCC(C(C)C(O)CCCCCC(C)O)OC(=O)C=C1. The summed E-state index contributed by atoms with van der Waals surface area (Å²) in [5, 5.41) is 127. The number of carbonyl (C=O) groups is 1. The van der Waals surface area contributed by atoms with Gasteiger partial charge in [-0.25, -0.2) is 4.79 Å². The van der Waals surface area contributed by atoms with E-state index in [0.717, 1.165) is 51.4 Å².